The van der Waals surface area contributed by atoms with Crippen LogP contribution in [-0.4, -0.2) is 15.1 Å². The Bertz CT molecular complexity index is 1140. The van der Waals surface area contributed by atoms with Gasteiger partial charge in [-0.05, 0) is 79.0 Å². The molecule has 5 heteroatoms. The minimum Gasteiger partial charge on any atom is -0.332 e. The van der Waals surface area contributed by atoms with E-state index in [1.807, 2.05) is 30.5 Å². The smallest absolute Gasteiger partial charge is 0.175 e. The van der Waals surface area contributed by atoms with Crippen LogP contribution in [0.25, 0.3) is 21.7 Å². The maximum atomic E-state index is 5.52. The molecule has 0 spiro atoms. The van der Waals surface area contributed by atoms with Gasteiger partial charge in [0.1, 0.15) is 0 Å². The lowest BCUT2D eigenvalue weighted by molar-refractivity contribution is 1.34. The van der Waals surface area contributed by atoms with Crippen LogP contribution in [0.4, 0.5) is 11.4 Å². The summed E-state index contributed by atoms with van der Waals surface area (Å²) in [5.41, 5.74) is 5.29. The van der Waals surface area contributed by atoms with Crippen molar-refractivity contribution < 1.29 is 0 Å². The molecule has 26 heavy (non-hydrogen) atoms. The summed E-state index contributed by atoms with van der Waals surface area (Å²) in [6, 6.07) is 14.2. The van der Waals surface area contributed by atoms with Crippen molar-refractivity contribution in [2.45, 2.75) is 13.8 Å². The molecule has 0 fully saturated rings. The van der Waals surface area contributed by atoms with Crippen LogP contribution in [-0.2, 0) is 0 Å². The highest BCUT2D eigenvalue weighted by Gasteiger charge is 2.09. The molecule has 0 unspecified atom stereocenters. The second-order valence-electron chi connectivity index (χ2n) is 6.30. The number of nitrogens with zero attached hydrogens (tertiary/aromatic N) is 2. The zero-order valence-corrected chi connectivity index (χ0v) is 15.4. The van der Waals surface area contributed by atoms with Crippen LogP contribution in [0.2, 0.25) is 0 Å². The summed E-state index contributed by atoms with van der Waals surface area (Å²) in [6.45, 7) is 4.19. The molecule has 4 aromatic rings. The summed E-state index contributed by atoms with van der Waals surface area (Å²) in [5, 5.41) is 10.2. The Hall–Kier alpha value is -3.05. The first-order valence-electron chi connectivity index (χ1n) is 8.38. The third kappa shape index (κ3) is 3.09. The number of aryl methyl sites for hydroxylation is 2. The van der Waals surface area contributed by atoms with Gasteiger partial charge in [0.2, 0.25) is 0 Å². The van der Waals surface area contributed by atoms with Gasteiger partial charge in [-0.1, -0.05) is 6.07 Å². The normalized spacial score (nSPS) is 10.8. The van der Waals surface area contributed by atoms with E-state index in [1.165, 1.54) is 11.1 Å². The summed E-state index contributed by atoms with van der Waals surface area (Å²) in [7, 11) is 0. The van der Waals surface area contributed by atoms with Crippen molar-refractivity contribution in [3.63, 3.8) is 0 Å². The monoisotopic (exact) mass is 358 g/mol. The van der Waals surface area contributed by atoms with Crippen LogP contribution in [0.3, 0.4) is 0 Å². The minimum atomic E-state index is 0.548. The van der Waals surface area contributed by atoms with Crippen molar-refractivity contribution in [2.24, 2.45) is 0 Å². The third-order valence-corrected chi connectivity index (χ3v) is 4.72. The number of thiocarbonyl (C=S) groups is 1. The molecule has 0 radical (unpaired) electrons. The molecule has 128 valence electrons. The predicted octanol–water partition coefficient (Wildman–Crippen LogP) is 5.21. The predicted molar refractivity (Wildman–Crippen MR) is 113 cm³/mol. The molecule has 0 bridgehead atoms. The fourth-order valence-electron chi connectivity index (χ4n) is 3.01. The Labute approximate surface area is 157 Å². The highest BCUT2D eigenvalue weighted by molar-refractivity contribution is 7.80. The molecule has 2 aromatic carbocycles. The van der Waals surface area contributed by atoms with Gasteiger partial charge in [0.05, 0.1) is 11.2 Å². The first kappa shape index (κ1) is 16.4. The molecule has 2 heterocycles. The van der Waals surface area contributed by atoms with Gasteiger partial charge in [0.25, 0.3) is 0 Å². The number of pyridine rings is 2. The van der Waals surface area contributed by atoms with E-state index in [-0.39, 0.29) is 0 Å². The van der Waals surface area contributed by atoms with Crippen molar-refractivity contribution >= 4 is 50.4 Å². The molecule has 0 aliphatic carbocycles. The van der Waals surface area contributed by atoms with Crippen molar-refractivity contribution in [3.8, 4) is 0 Å². The number of fused-ring (bicyclic) bond motifs is 3. The molecule has 2 N–H and O–H groups in total. The topological polar surface area (TPSA) is 49.8 Å². The van der Waals surface area contributed by atoms with Crippen molar-refractivity contribution in [3.05, 3.63) is 72.2 Å². The van der Waals surface area contributed by atoms with Crippen LogP contribution in [0, 0.1) is 13.8 Å². The molecule has 0 aliphatic rings. The van der Waals surface area contributed by atoms with E-state index in [2.05, 4.69) is 52.6 Å². The second-order valence-corrected chi connectivity index (χ2v) is 6.71. The Morgan fingerprint density at radius 3 is 2.65 bits per heavy atom. The lowest BCUT2D eigenvalue weighted by Crippen LogP contribution is -2.19. The molecule has 4 rings (SSSR count). The first-order chi connectivity index (χ1) is 12.6. The SMILES string of the molecule is Cc1ccc(NC(=S)Nc2cc3ccncc3c3ncccc23)cc1C. The van der Waals surface area contributed by atoms with Crippen molar-refractivity contribution in [2.75, 3.05) is 10.6 Å². The van der Waals surface area contributed by atoms with Crippen molar-refractivity contribution in [1.29, 1.82) is 0 Å². The summed E-state index contributed by atoms with van der Waals surface area (Å²) in [5.74, 6) is 0. The van der Waals surface area contributed by atoms with E-state index in [0.29, 0.717) is 5.11 Å². The Morgan fingerprint density at radius 2 is 1.81 bits per heavy atom. The Balaban J connectivity index is 1.69. The highest BCUT2D eigenvalue weighted by atomic mass is 32.1. The Kier molecular flexibility index (Phi) is 4.22. The van der Waals surface area contributed by atoms with Gasteiger partial charge in [-0.15, -0.1) is 0 Å². The number of benzene rings is 2. The summed E-state index contributed by atoms with van der Waals surface area (Å²) in [4.78, 5) is 8.77. The Morgan fingerprint density at radius 1 is 0.923 bits per heavy atom. The fraction of sp³-hybridized carbons (Fsp3) is 0.0952. The number of rotatable bonds is 2. The minimum absolute atomic E-state index is 0.548. The van der Waals surface area contributed by atoms with E-state index < -0.39 is 0 Å². The third-order valence-electron chi connectivity index (χ3n) is 4.52. The van der Waals surface area contributed by atoms with Crippen LogP contribution in [0.5, 0.6) is 0 Å². The van der Waals surface area contributed by atoms with E-state index in [9.17, 15) is 0 Å². The number of nitrogens with one attached hydrogen (secondary N) is 2. The maximum absolute atomic E-state index is 5.52. The van der Waals surface area contributed by atoms with Gasteiger partial charge in [-0.3, -0.25) is 9.97 Å². The lowest BCUT2D eigenvalue weighted by atomic mass is 10.1. The summed E-state index contributed by atoms with van der Waals surface area (Å²) in [6.07, 6.45) is 5.43. The van der Waals surface area contributed by atoms with Gasteiger partial charge >= 0.3 is 0 Å². The van der Waals surface area contributed by atoms with Gasteiger partial charge in [0.15, 0.2) is 5.11 Å². The standard InChI is InChI=1S/C21H18N4S/c1-13-5-6-16(10-14(13)2)24-21(26)25-19-11-15-7-9-22-12-18(15)20-17(19)4-3-8-23-20/h3-12H,1-2H3,(H2,24,25,26). The van der Waals surface area contributed by atoms with Crippen molar-refractivity contribution in [1.82, 2.24) is 9.97 Å². The van der Waals surface area contributed by atoms with Gasteiger partial charge in [0, 0.05) is 35.1 Å². The molecule has 4 nitrogen and oxygen atoms in total. The molecule has 2 aromatic heterocycles. The molecule has 0 atom stereocenters. The van der Waals surface area contributed by atoms with Crippen LogP contribution >= 0.6 is 12.2 Å². The quantitative estimate of drug-likeness (QED) is 0.380. The molecule has 0 amide bonds. The van der Waals surface area contributed by atoms with Gasteiger partial charge in [-0.2, -0.15) is 0 Å². The first-order valence-corrected chi connectivity index (χ1v) is 8.79. The van der Waals surface area contributed by atoms with Gasteiger partial charge in [-0.25, -0.2) is 0 Å². The molecule has 0 saturated carbocycles. The number of aromatic nitrogens is 2. The zero-order chi connectivity index (χ0) is 18.1. The second kappa shape index (κ2) is 6.69. The molecule has 0 saturated heterocycles. The summed E-state index contributed by atoms with van der Waals surface area (Å²) < 4.78 is 0. The average molecular weight is 358 g/mol. The lowest BCUT2D eigenvalue weighted by Gasteiger charge is -2.14. The van der Waals surface area contributed by atoms with Crippen LogP contribution in [0.15, 0.2) is 61.1 Å². The number of anilines is 2. The summed E-state index contributed by atoms with van der Waals surface area (Å²) >= 11 is 5.52. The number of hydrogen-bond acceptors (Lipinski definition) is 3. The largest absolute Gasteiger partial charge is 0.332 e. The molecular formula is C21H18N4S. The number of hydrogen-bond donors (Lipinski definition) is 2. The molecular weight excluding hydrogens is 340 g/mol. The average Bonchev–Trinajstić information content (AvgIpc) is 2.65. The maximum Gasteiger partial charge on any atom is 0.175 e. The van der Waals surface area contributed by atoms with Gasteiger partial charge < -0.3 is 10.6 Å². The van der Waals surface area contributed by atoms with E-state index >= 15 is 0 Å². The zero-order valence-electron chi connectivity index (χ0n) is 14.6. The fourth-order valence-corrected chi connectivity index (χ4v) is 3.23. The van der Waals surface area contributed by atoms with Crippen LogP contribution < -0.4 is 10.6 Å². The molecule has 0 aliphatic heterocycles. The van der Waals surface area contributed by atoms with E-state index in [1.54, 1.807) is 12.4 Å². The van der Waals surface area contributed by atoms with Crippen LogP contribution in [0.1, 0.15) is 11.1 Å². The van der Waals surface area contributed by atoms with E-state index in [4.69, 9.17) is 12.2 Å². The highest BCUT2D eigenvalue weighted by Crippen LogP contribution is 2.30. The van der Waals surface area contributed by atoms with E-state index in [0.717, 1.165) is 33.1 Å².